The summed E-state index contributed by atoms with van der Waals surface area (Å²) < 4.78 is 25.8. The van der Waals surface area contributed by atoms with E-state index in [9.17, 15) is 8.78 Å². The van der Waals surface area contributed by atoms with Gasteiger partial charge in [-0.2, -0.15) is 0 Å². The van der Waals surface area contributed by atoms with E-state index in [4.69, 9.17) is 0 Å². The molecule has 0 saturated carbocycles. The van der Waals surface area contributed by atoms with E-state index in [1.54, 1.807) is 17.4 Å². The fourth-order valence-corrected chi connectivity index (χ4v) is 2.58. The maximum atomic E-state index is 13.0. The lowest BCUT2D eigenvalue weighted by molar-refractivity contribution is 0.502. The van der Waals surface area contributed by atoms with Gasteiger partial charge in [0.05, 0.1) is 0 Å². The largest absolute Gasteiger partial charge is 0.310 e. The monoisotopic (exact) mass is 267 g/mol. The summed E-state index contributed by atoms with van der Waals surface area (Å²) in [6, 6.07) is 8.43. The van der Waals surface area contributed by atoms with E-state index in [-0.39, 0.29) is 0 Å². The summed E-state index contributed by atoms with van der Waals surface area (Å²) in [6.45, 7) is 2.63. The van der Waals surface area contributed by atoms with Crippen LogP contribution >= 0.6 is 11.3 Å². The van der Waals surface area contributed by atoms with E-state index in [0.717, 1.165) is 18.1 Å². The molecule has 18 heavy (non-hydrogen) atoms. The minimum Gasteiger partial charge on any atom is -0.310 e. The maximum absolute atomic E-state index is 13.0. The first-order chi connectivity index (χ1) is 8.65. The van der Waals surface area contributed by atoms with Crippen molar-refractivity contribution in [2.24, 2.45) is 0 Å². The van der Waals surface area contributed by atoms with Crippen molar-refractivity contribution in [2.75, 3.05) is 0 Å². The fourth-order valence-electron chi connectivity index (χ4n) is 1.74. The smallest absolute Gasteiger partial charge is 0.159 e. The standard InChI is InChI=1S/C14H15F2NS/c1-10(7-12-3-2-6-18-12)17-9-11-4-5-13(15)14(16)8-11/h2-6,8,10,17H,7,9H2,1H3. The van der Waals surface area contributed by atoms with Crippen LogP contribution in [0.1, 0.15) is 17.4 Å². The van der Waals surface area contributed by atoms with Gasteiger partial charge < -0.3 is 5.32 Å². The number of thiophene rings is 1. The minimum absolute atomic E-state index is 0.303. The molecule has 1 aromatic carbocycles. The summed E-state index contributed by atoms with van der Waals surface area (Å²) in [4.78, 5) is 1.32. The molecule has 0 aliphatic heterocycles. The lowest BCUT2D eigenvalue weighted by atomic mass is 10.1. The van der Waals surface area contributed by atoms with Crippen LogP contribution in [0.3, 0.4) is 0 Å². The summed E-state index contributed by atoms with van der Waals surface area (Å²) >= 11 is 1.73. The van der Waals surface area contributed by atoms with Gasteiger partial charge in [-0.05, 0) is 42.5 Å². The Morgan fingerprint density at radius 2 is 2.06 bits per heavy atom. The summed E-state index contributed by atoms with van der Waals surface area (Å²) in [7, 11) is 0. The number of nitrogens with one attached hydrogen (secondary N) is 1. The van der Waals surface area contributed by atoms with Gasteiger partial charge in [0.2, 0.25) is 0 Å². The van der Waals surface area contributed by atoms with Crippen molar-refractivity contribution in [3.05, 3.63) is 57.8 Å². The van der Waals surface area contributed by atoms with Crippen LogP contribution in [0.2, 0.25) is 0 Å². The fraction of sp³-hybridized carbons (Fsp3) is 0.286. The Morgan fingerprint density at radius 1 is 1.22 bits per heavy atom. The van der Waals surface area contributed by atoms with E-state index >= 15 is 0 Å². The molecule has 2 aromatic rings. The Bertz CT molecular complexity index is 497. The van der Waals surface area contributed by atoms with Gasteiger partial charge in [0, 0.05) is 17.5 Å². The van der Waals surface area contributed by atoms with E-state index < -0.39 is 11.6 Å². The molecular weight excluding hydrogens is 252 g/mol. The van der Waals surface area contributed by atoms with Crippen LogP contribution in [-0.4, -0.2) is 6.04 Å². The second-order valence-corrected chi connectivity index (χ2v) is 5.35. The highest BCUT2D eigenvalue weighted by Gasteiger charge is 2.06. The quantitative estimate of drug-likeness (QED) is 0.870. The average Bonchev–Trinajstić information content (AvgIpc) is 2.83. The van der Waals surface area contributed by atoms with Gasteiger partial charge in [0.1, 0.15) is 0 Å². The average molecular weight is 267 g/mol. The molecule has 0 aliphatic carbocycles. The van der Waals surface area contributed by atoms with Crippen LogP contribution in [0, 0.1) is 11.6 Å². The first-order valence-corrected chi connectivity index (χ1v) is 6.73. The molecule has 4 heteroatoms. The number of hydrogen-bond donors (Lipinski definition) is 1. The molecule has 2 rings (SSSR count). The summed E-state index contributed by atoms with van der Waals surface area (Å²) in [5.41, 5.74) is 0.756. The van der Waals surface area contributed by atoms with Gasteiger partial charge in [0.25, 0.3) is 0 Å². The number of halogens is 2. The Kier molecular flexibility index (Phi) is 4.44. The van der Waals surface area contributed by atoms with Gasteiger partial charge in [-0.1, -0.05) is 12.1 Å². The van der Waals surface area contributed by atoms with Crippen molar-refractivity contribution >= 4 is 11.3 Å². The van der Waals surface area contributed by atoms with Crippen LogP contribution in [-0.2, 0) is 13.0 Å². The second kappa shape index (κ2) is 6.07. The molecule has 1 unspecified atom stereocenters. The van der Waals surface area contributed by atoms with Crippen LogP contribution in [0.25, 0.3) is 0 Å². The Morgan fingerprint density at radius 3 is 2.72 bits per heavy atom. The highest BCUT2D eigenvalue weighted by Crippen LogP contribution is 2.12. The predicted octanol–water partition coefficient (Wildman–Crippen LogP) is 3.75. The van der Waals surface area contributed by atoms with Gasteiger partial charge >= 0.3 is 0 Å². The molecule has 0 radical (unpaired) electrons. The molecule has 1 atom stereocenters. The Labute approximate surface area is 109 Å². The van der Waals surface area contributed by atoms with E-state index in [0.29, 0.717) is 12.6 Å². The summed E-state index contributed by atoms with van der Waals surface area (Å²) in [6.07, 6.45) is 0.946. The van der Waals surface area contributed by atoms with E-state index in [1.807, 2.05) is 6.07 Å². The highest BCUT2D eigenvalue weighted by atomic mass is 32.1. The van der Waals surface area contributed by atoms with Crippen LogP contribution in [0.4, 0.5) is 8.78 Å². The van der Waals surface area contributed by atoms with Crippen molar-refractivity contribution in [2.45, 2.75) is 25.9 Å². The van der Waals surface area contributed by atoms with E-state index in [1.165, 1.54) is 10.9 Å². The summed E-state index contributed by atoms with van der Waals surface area (Å²) in [5.74, 6) is -1.59. The zero-order chi connectivity index (χ0) is 13.0. The predicted molar refractivity (Wildman–Crippen MR) is 70.7 cm³/mol. The van der Waals surface area contributed by atoms with Crippen molar-refractivity contribution < 1.29 is 8.78 Å². The topological polar surface area (TPSA) is 12.0 Å². The molecule has 1 aromatic heterocycles. The first-order valence-electron chi connectivity index (χ1n) is 5.85. The molecule has 1 N–H and O–H groups in total. The van der Waals surface area contributed by atoms with E-state index in [2.05, 4.69) is 23.7 Å². The molecule has 0 bridgehead atoms. The van der Waals surface area contributed by atoms with Gasteiger partial charge in [-0.3, -0.25) is 0 Å². The van der Waals surface area contributed by atoms with Crippen molar-refractivity contribution in [1.82, 2.24) is 5.32 Å². The molecular formula is C14H15F2NS. The Balaban J connectivity index is 1.85. The van der Waals surface area contributed by atoms with Crippen molar-refractivity contribution in [1.29, 1.82) is 0 Å². The van der Waals surface area contributed by atoms with Gasteiger partial charge in [-0.25, -0.2) is 8.78 Å². The highest BCUT2D eigenvalue weighted by molar-refractivity contribution is 7.09. The molecule has 1 heterocycles. The molecule has 0 fully saturated rings. The van der Waals surface area contributed by atoms with Crippen LogP contribution in [0.5, 0.6) is 0 Å². The number of rotatable bonds is 5. The summed E-state index contributed by atoms with van der Waals surface area (Å²) in [5, 5.41) is 5.35. The molecule has 96 valence electrons. The molecule has 1 nitrogen and oxygen atoms in total. The Hall–Kier alpha value is -1.26. The maximum Gasteiger partial charge on any atom is 0.159 e. The zero-order valence-corrected chi connectivity index (χ0v) is 10.9. The van der Waals surface area contributed by atoms with Gasteiger partial charge in [-0.15, -0.1) is 11.3 Å². The van der Waals surface area contributed by atoms with Crippen molar-refractivity contribution in [3.63, 3.8) is 0 Å². The number of benzene rings is 1. The lowest BCUT2D eigenvalue weighted by Crippen LogP contribution is -2.27. The second-order valence-electron chi connectivity index (χ2n) is 4.31. The molecule has 0 saturated heterocycles. The molecule has 0 aliphatic rings. The third kappa shape index (κ3) is 3.62. The lowest BCUT2D eigenvalue weighted by Gasteiger charge is -2.13. The number of hydrogen-bond acceptors (Lipinski definition) is 2. The minimum atomic E-state index is -0.801. The third-order valence-electron chi connectivity index (χ3n) is 2.73. The SMILES string of the molecule is CC(Cc1cccs1)NCc1ccc(F)c(F)c1. The van der Waals surface area contributed by atoms with Crippen LogP contribution < -0.4 is 5.32 Å². The first kappa shape index (κ1) is 13.2. The molecule has 0 spiro atoms. The van der Waals surface area contributed by atoms with Crippen molar-refractivity contribution in [3.8, 4) is 0 Å². The third-order valence-corrected chi connectivity index (χ3v) is 3.62. The van der Waals surface area contributed by atoms with Crippen LogP contribution in [0.15, 0.2) is 35.7 Å². The zero-order valence-electron chi connectivity index (χ0n) is 10.1. The molecule has 0 amide bonds. The van der Waals surface area contributed by atoms with Gasteiger partial charge in [0.15, 0.2) is 11.6 Å². The normalized spacial score (nSPS) is 12.6.